The Hall–Kier alpha value is -1.96. The van der Waals surface area contributed by atoms with E-state index in [0.717, 1.165) is 49.1 Å². The molecule has 0 radical (unpaired) electrons. The molecule has 0 spiro atoms. The molecule has 1 heterocycles. The van der Waals surface area contributed by atoms with Crippen molar-refractivity contribution in [3.05, 3.63) is 45.2 Å². The van der Waals surface area contributed by atoms with Crippen LogP contribution in [0.4, 0.5) is 0 Å². The summed E-state index contributed by atoms with van der Waals surface area (Å²) in [6.45, 7) is 13.8. The lowest BCUT2D eigenvalue weighted by atomic mass is 10.0. The zero-order chi connectivity index (χ0) is 22.1. The van der Waals surface area contributed by atoms with E-state index in [9.17, 15) is 9.90 Å². The molecule has 0 fully saturated rings. The van der Waals surface area contributed by atoms with Gasteiger partial charge in [-0.2, -0.15) is 0 Å². The number of fused-ring (bicyclic) bond motifs is 1. The summed E-state index contributed by atoms with van der Waals surface area (Å²) in [5.41, 5.74) is 3.80. The average molecular weight is 434 g/mol. The van der Waals surface area contributed by atoms with Crippen molar-refractivity contribution in [2.75, 3.05) is 39.3 Å². The van der Waals surface area contributed by atoms with Crippen molar-refractivity contribution >= 4 is 28.2 Å². The van der Waals surface area contributed by atoms with Crippen LogP contribution in [-0.4, -0.2) is 59.4 Å². The molecular formula is C23H37N4O2S+. The van der Waals surface area contributed by atoms with Crippen molar-refractivity contribution in [2.24, 2.45) is 0 Å². The fourth-order valence-corrected chi connectivity index (χ4v) is 3.87. The number of hydrogen-bond donors (Lipinski definition) is 4. The van der Waals surface area contributed by atoms with Gasteiger partial charge in [0.05, 0.1) is 26.2 Å². The number of pyridine rings is 1. The Bertz CT molecular complexity index is 893. The fraction of sp³-hybridized carbons (Fsp3) is 0.565. The summed E-state index contributed by atoms with van der Waals surface area (Å²) in [6, 6.07) is 6.08. The summed E-state index contributed by atoms with van der Waals surface area (Å²) < 4.78 is 0. The van der Waals surface area contributed by atoms with Crippen molar-refractivity contribution in [3.8, 4) is 0 Å². The van der Waals surface area contributed by atoms with Crippen LogP contribution in [0, 0.1) is 13.8 Å². The Morgan fingerprint density at radius 3 is 2.53 bits per heavy atom. The first kappa shape index (κ1) is 24.3. The molecule has 7 heteroatoms. The molecule has 0 unspecified atom stereocenters. The molecule has 0 aliphatic heterocycles. The first-order chi connectivity index (χ1) is 14.4. The number of H-pyrrole nitrogens is 1. The summed E-state index contributed by atoms with van der Waals surface area (Å²) in [5.74, 6) is 0. The van der Waals surface area contributed by atoms with Gasteiger partial charge in [-0.25, -0.2) is 0 Å². The van der Waals surface area contributed by atoms with Gasteiger partial charge < -0.3 is 25.2 Å². The Kier molecular flexibility index (Phi) is 9.75. The van der Waals surface area contributed by atoms with E-state index in [2.05, 4.69) is 37.1 Å². The van der Waals surface area contributed by atoms with Gasteiger partial charge in [0.2, 0.25) is 0 Å². The number of aliphatic hydroxyl groups excluding tert-OH is 1. The van der Waals surface area contributed by atoms with Crippen molar-refractivity contribution in [1.29, 1.82) is 0 Å². The Morgan fingerprint density at radius 2 is 1.87 bits per heavy atom. The fourth-order valence-electron chi connectivity index (χ4n) is 3.61. The molecular weight excluding hydrogens is 396 g/mol. The molecule has 0 aliphatic rings. The van der Waals surface area contributed by atoms with Gasteiger partial charge in [0.25, 0.3) is 5.56 Å². The molecule has 4 N–H and O–H groups in total. The molecule has 1 aromatic carbocycles. The number of thiocarbonyl (C=S) groups is 1. The summed E-state index contributed by atoms with van der Waals surface area (Å²) in [6.07, 6.45) is 1.65. The van der Waals surface area contributed by atoms with Crippen LogP contribution in [0.1, 0.15) is 43.4 Å². The molecule has 166 valence electrons. The normalized spacial score (nSPS) is 11.3. The maximum Gasteiger partial charge on any atom is 0.253 e. The molecule has 0 bridgehead atoms. The van der Waals surface area contributed by atoms with Gasteiger partial charge in [-0.05, 0) is 81.0 Å². The third kappa shape index (κ3) is 6.79. The quantitative estimate of drug-likeness (QED) is 0.319. The average Bonchev–Trinajstić information content (AvgIpc) is 2.72. The number of nitrogens with one attached hydrogen (secondary N) is 3. The van der Waals surface area contributed by atoms with E-state index in [0.29, 0.717) is 30.2 Å². The topological polar surface area (TPSA) is 72.8 Å². The lowest BCUT2D eigenvalue weighted by Crippen LogP contribution is -3.11. The van der Waals surface area contributed by atoms with Crippen molar-refractivity contribution in [1.82, 2.24) is 15.2 Å². The highest BCUT2D eigenvalue weighted by atomic mass is 32.1. The largest absolute Gasteiger partial charge is 0.396 e. The number of quaternary nitrogens is 1. The number of nitrogens with zero attached hydrogens (tertiary/aromatic N) is 1. The van der Waals surface area contributed by atoms with Crippen LogP contribution in [-0.2, 0) is 6.54 Å². The highest BCUT2D eigenvalue weighted by Crippen LogP contribution is 2.18. The maximum absolute atomic E-state index is 12.7. The second-order valence-corrected chi connectivity index (χ2v) is 8.33. The number of aryl methyl sites for hydroxylation is 2. The van der Waals surface area contributed by atoms with Crippen LogP contribution < -0.4 is 15.8 Å². The van der Waals surface area contributed by atoms with E-state index in [1.54, 1.807) is 4.90 Å². The van der Waals surface area contributed by atoms with E-state index >= 15 is 0 Å². The van der Waals surface area contributed by atoms with Crippen LogP contribution >= 0.6 is 12.2 Å². The smallest absolute Gasteiger partial charge is 0.253 e. The van der Waals surface area contributed by atoms with Crippen LogP contribution in [0.25, 0.3) is 10.9 Å². The van der Waals surface area contributed by atoms with Crippen LogP contribution in [0.15, 0.2) is 23.0 Å². The van der Waals surface area contributed by atoms with Gasteiger partial charge in [-0.15, -0.1) is 0 Å². The van der Waals surface area contributed by atoms with Gasteiger partial charge >= 0.3 is 0 Å². The Labute approximate surface area is 185 Å². The van der Waals surface area contributed by atoms with Crippen LogP contribution in [0.2, 0.25) is 0 Å². The minimum absolute atomic E-state index is 0.0901. The summed E-state index contributed by atoms with van der Waals surface area (Å²) in [4.78, 5) is 19.2. The minimum atomic E-state index is -0.0901. The van der Waals surface area contributed by atoms with Crippen molar-refractivity contribution in [3.63, 3.8) is 0 Å². The summed E-state index contributed by atoms with van der Waals surface area (Å²) >= 11 is 5.61. The van der Waals surface area contributed by atoms with Gasteiger partial charge in [0.1, 0.15) is 0 Å². The highest BCUT2D eigenvalue weighted by molar-refractivity contribution is 7.80. The number of aromatic nitrogens is 1. The number of hydrogen-bond acceptors (Lipinski definition) is 3. The molecule has 0 aliphatic carbocycles. The predicted molar refractivity (Wildman–Crippen MR) is 128 cm³/mol. The van der Waals surface area contributed by atoms with E-state index in [4.69, 9.17) is 12.2 Å². The third-order valence-electron chi connectivity index (χ3n) is 5.75. The standard InChI is InChI=1S/C23H36N4O2S/c1-5-26(6-2)10-7-9-24-23(30)27(11-8-12-28)16-20-15-19-13-17(3)18(4)14-21(19)25-22(20)29/h13-15,28H,5-12,16H2,1-4H3,(H,24,30)(H,25,29)/p+1. The number of rotatable bonds is 11. The number of aromatic amines is 1. The van der Waals surface area contributed by atoms with Gasteiger partial charge in [-0.3, -0.25) is 4.79 Å². The lowest BCUT2D eigenvalue weighted by Gasteiger charge is -2.26. The number of benzene rings is 1. The van der Waals surface area contributed by atoms with E-state index in [1.807, 2.05) is 24.0 Å². The van der Waals surface area contributed by atoms with Gasteiger partial charge in [0.15, 0.2) is 5.11 Å². The first-order valence-corrected chi connectivity index (χ1v) is 11.4. The van der Waals surface area contributed by atoms with E-state index in [1.165, 1.54) is 5.56 Å². The Morgan fingerprint density at radius 1 is 1.17 bits per heavy atom. The zero-order valence-corrected chi connectivity index (χ0v) is 19.6. The molecule has 0 atom stereocenters. The molecule has 1 aromatic heterocycles. The van der Waals surface area contributed by atoms with Crippen LogP contribution in [0.3, 0.4) is 0 Å². The molecule has 0 saturated carbocycles. The zero-order valence-electron chi connectivity index (χ0n) is 18.8. The summed E-state index contributed by atoms with van der Waals surface area (Å²) in [7, 11) is 0. The maximum atomic E-state index is 12.7. The minimum Gasteiger partial charge on any atom is -0.396 e. The Balaban J connectivity index is 2.09. The molecule has 2 rings (SSSR count). The third-order valence-corrected chi connectivity index (χ3v) is 6.16. The lowest BCUT2D eigenvalue weighted by molar-refractivity contribution is -0.896. The molecule has 30 heavy (non-hydrogen) atoms. The number of aliphatic hydroxyl groups is 1. The highest BCUT2D eigenvalue weighted by Gasteiger charge is 2.14. The van der Waals surface area contributed by atoms with E-state index in [-0.39, 0.29) is 12.2 Å². The molecule has 2 aromatic rings. The SMILES string of the molecule is CC[NH+](CC)CCCNC(=S)N(CCCO)Cc1cc2cc(C)c(C)cc2[nH]c1=O. The monoisotopic (exact) mass is 433 g/mol. The first-order valence-electron chi connectivity index (χ1n) is 11.0. The summed E-state index contributed by atoms with van der Waals surface area (Å²) in [5, 5.41) is 14.3. The van der Waals surface area contributed by atoms with Gasteiger partial charge in [0, 0.05) is 37.2 Å². The van der Waals surface area contributed by atoms with Crippen molar-refractivity contribution in [2.45, 2.75) is 47.1 Å². The van der Waals surface area contributed by atoms with E-state index < -0.39 is 0 Å². The van der Waals surface area contributed by atoms with Gasteiger partial charge in [-0.1, -0.05) is 0 Å². The molecule has 0 amide bonds. The molecule has 0 saturated heterocycles. The predicted octanol–water partition coefficient (Wildman–Crippen LogP) is 1.52. The second-order valence-electron chi connectivity index (χ2n) is 7.94. The second kappa shape index (κ2) is 12.0. The molecule has 6 nitrogen and oxygen atoms in total. The van der Waals surface area contributed by atoms with Crippen LogP contribution in [0.5, 0.6) is 0 Å². The van der Waals surface area contributed by atoms with Crippen molar-refractivity contribution < 1.29 is 10.0 Å².